The summed E-state index contributed by atoms with van der Waals surface area (Å²) >= 11 is 0. The van der Waals surface area contributed by atoms with Crippen LogP contribution in [0.25, 0.3) is 0 Å². The van der Waals surface area contributed by atoms with Crippen LogP contribution >= 0.6 is 0 Å². The summed E-state index contributed by atoms with van der Waals surface area (Å²) in [5.41, 5.74) is -0.867. The summed E-state index contributed by atoms with van der Waals surface area (Å²) < 4.78 is 42.5. The first-order valence-electron chi connectivity index (χ1n) is 4.22. The molecule has 80 valence electrons. The Hall–Kier alpha value is -1.04. The average molecular weight is 208 g/mol. The van der Waals surface area contributed by atoms with Crippen LogP contribution in [0.4, 0.5) is 13.2 Å². The average Bonchev–Trinajstić information content (AvgIpc) is 2.52. The molecule has 1 aromatic heterocycles. The first-order valence-corrected chi connectivity index (χ1v) is 4.22. The summed E-state index contributed by atoms with van der Waals surface area (Å²) in [5.74, 6) is 0. The van der Waals surface area contributed by atoms with Crippen molar-refractivity contribution >= 4 is 0 Å². The Labute approximate surface area is 79.5 Å². The summed E-state index contributed by atoms with van der Waals surface area (Å²) in [6.07, 6.45) is -3.07. The Balaban J connectivity index is 2.51. The first kappa shape index (κ1) is 11.0. The zero-order valence-electron chi connectivity index (χ0n) is 7.71. The maximum absolute atomic E-state index is 12.1. The van der Waals surface area contributed by atoms with Crippen LogP contribution < -0.4 is 0 Å². The number of ether oxygens (including phenoxy) is 1. The van der Waals surface area contributed by atoms with Crippen molar-refractivity contribution in [1.82, 2.24) is 9.78 Å². The summed E-state index contributed by atoms with van der Waals surface area (Å²) in [6, 6.07) is 0.950. The minimum atomic E-state index is -4.36. The number of hydrogen-bond acceptors (Lipinski definition) is 2. The van der Waals surface area contributed by atoms with Gasteiger partial charge in [0.15, 0.2) is 5.69 Å². The molecule has 1 heterocycles. The van der Waals surface area contributed by atoms with E-state index in [0.29, 0.717) is 19.8 Å². The third-order valence-electron chi connectivity index (χ3n) is 1.60. The first-order chi connectivity index (χ1) is 6.54. The lowest BCUT2D eigenvalue weighted by atomic mass is 10.4. The normalized spacial score (nSPS) is 12.0. The fourth-order valence-electron chi connectivity index (χ4n) is 0.940. The van der Waals surface area contributed by atoms with E-state index in [1.165, 1.54) is 10.9 Å². The van der Waals surface area contributed by atoms with Gasteiger partial charge in [0.2, 0.25) is 0 Å². The third kappa shape index (κ3) is 3.02. The van der Waals surface area contributed by atoms with Gasteiger partial charge in [0, 0.05) is 12.8 Å². The SMILES string of the molecule is CCOCCn1ccc(C(F)(F)F)n1. The standard InChI is InChI=1S/C8H11F3N2O/c1-2-14-6-5-13-4-3-7(12-13)8(9,10)11/h3-4H,2,5-6H2,1H3. The number of hydrogen-bond donors (Lipinski definition) is 0. The quantitative estimate of drug-likeness (QED) is 0.707. The third-order valence-corrected chi connectivity index (χ3v) is 1.60. The highest BCUT2D eigenvalue weighted by Gasteiger charge is 2.33. The van der Waals surface area contributed by atoms with Crippen molar-refractivity contribution in [2.75, 3.05) is 13.2 Å². The smallest absolute Gasteiger partial charge is 0.380 e. The molecule has 0 radical (unpaired) electrons. The highest BCUT2D eigenvalue weighted by molar-refractivity contribution is 5.02. The molecule has 3 nitrogen and oxygen atoms in total. The maximum Gasteiger partial charge on any atom is 0.435 e. The molecule has 0 atom stereocenters. The molecule has 0 bridgehead atoms. The molecule has 0 aliphatic carbocycles. The van der Waals surface area contributed by atoms with E-state index >= 15 is 0 Å². The van der Waals surface area contributed by atoms with Crippen molar-refractivity contribution in [3.63, 3.8) is 0 Å². The molecule has 6 heteroatoms. The topological polar surface area (TPSA) is 27.1 Å². The zero-order chi connectivity index (χ0) is 10.6. The number of aromatic nitrogens is 2. The zero-order valence-corrected chi connectivity index (χ0v) is 7.71. The number of nitrogens with zero attached hydrogens (tertiary/aromatic N) is 2. The number of rotatable bonds is 4. The van der Waals surface area contributed by atoms with E-state index in [1.54, 1.807) is 0 Å². The lowest BCUT2D eigenvalue weighted by molar-refractivity contribution is -0.141. The molecule has 0 amide bonds. The van der Waals surface area contributed by atoms with E-state index in [4.69, 9.17) is 4.74 Å². The van der Waals surface area contributed by atoms with Gasteiger partial charge in [-0.2, -0.15) is 18.3 Å². The number of halogens is 3. The van der Waals surface area contributed by atoms with Crippen LogP contribution in [-0.2, 0) is 17.5 Å². The second-order valence-corrected chi connectivity index (χ2v) is 2.66. The Kier molecular flexibility index (Phi) is 3.51. The van der Waals surface area contributed by atoms with Gasteiger partial charge in [-0.3, -0.25) is 4.68 Å². The van der Waals surface area contributed by atoms with Crippen molar-refractivity contribution < 1.29 is 17.9 Å². The van der Waals surface area contributed by atoms with Crippen LogP contribution in [0.2, 0.25) is 0 Å². The molecular formula is C8H11F3N2O. The van der Waals surface area contributed by atoms with Crippen molar-refractivity contribution in [2.45, 2.75) is 19.6 Å². The second kappa shape index (κ2) is 4.45. The fraction of sp³-hybridized carbons (Fsp3) is 0.625. The molecule has 0 fully saturated rings. The van der Waals surface area contributed by atoms with E-state index in [9.17, 15) is 13.2 Å². The van der Waals surface area contributed by atoms with Gasteiger partial charge in [0.05, 0.1) is 13.2 Å². The molecule has 14 heavy (non-hydrogen) atoms. The Morgan fingerprint density at radius 1 is 1.50 bits per heavy atom. The molecule has 0 N–H and O–H groups in total. The van der Waals surface area contributed by atoms with Gasteiger partial charge in [0.1, 0.15) is 0 Å². The summed E-state index contributed by atoms with van der Waals surface area (Å²) in [7, 11) is 0. The minimum absolute atomic E-state index is 0.337. The number of alkyl halides is 3. The summed E-state index contributed by atoms with van der Waals surface area (Å²) in [4.78, 5) is 0. The van der Waals surface area contributed by atoms with E-state index in [0.717, 1.165) is 6.07 Å². The molecule has 0 saturated heterocycles. The molecule has 1 rings (SSSR count). The second-order valence-electron chi connectivity index (χ2n) is 2.66. The Morgan fingerprint density at radius 2 is 2.21 bits per heavy atom. The van der Waals surface area contributed by atoms with Crippen molar-refractivity contribution in [3.05, 3.63) is 18.0 Å². The van der Waals surface area contributed by atoms with Gasteiger partial charge < -0.3 is 4.74 Å². The van der Waals surface area contributed by atoms with Crippen molar-refractivity contribution in [3.8, 4) is 0 Å². The molecule has 0 aliphatic heterocycles. The van der Waals surface area contributed by atoms with Crippen LogP contribution in [-0.4, -0.2) is 23.0 Å². The van der Waals surface area contributed by atoms with E-state index in [1.807, 2.05) is 6.92 Å². The molecule has 0 aliphatic rings. The van der Waals surface area contributed by atoms with Crippen LogP contribution in [0.15, 0.2) is 12.3 Å². The predicted molar refractivity (Wildman–Crippen MR) is 43.7 cm³/mol. The lowest BCUT2D eigenvalue weighted by Crippen LogP contribution is -2.10. The van der Waals surface area contributed by atoms with Gasteiger partial charge in [-0.1, -0.05) is 0 Å². The minimum Gasteiger partial charge on any atom is -0.380 e. The maximum atomic E-state index is 12.1. The predicted octanol–water partition coefficient (Wildman–Crippen LogP) is 1.94. The van der Waals surface area contributed by atoms with Gasteiger partial charge in [-0.25, -0.2) is 0 Å². The van der Waals surface area contributed by atoms with Crippen molar-refractivity contribution in [1.29, 1.82) is 0 Å². The van der Waals surface area contributed by atoms with Crippen LogP contribution in [0, 0.1) is 0 Å². The highest BCUT2D eigenvalue weighted by Crippen LogP contribution is 2.27. The molecule has 0 aromatic carbocycles. The van der Waals surface area contributed by atoms with Crippen molar-refractivity contribution in [2.24, 2.45) is 0 Å². The Morgan fingerprint density at radius 3 is 2.71 bits per heavy atom. The summed E-state index contributed by atoms with van der Waals surface area (Å²) in [5, 5.41) is 3.36. The molecule has 0 spiro atoms. The van der Waals surface area contributed by atoms with Gasteiger partial charge in [0.25, 0.3) is 0 Å². The van der Waals surface area contributed by atoms with E-state index in [-0.39, 0.29) is 0 Å². The fourth-order valence-corrected chi connectivity index (χ4v) is 0.940. The van der Waals surface area contributed by atoms with E-state index < -0.39 is 11.9 Å². The van der Waals surface area contributed by atoms with Crippen LogP contribution in [0.3, 0.4) is 0 Å². The molecule has 1 aromatic rings. The molecule has 0 unspecified atom stereocenters. The molecular weight excluding hydrogens is 197 g/mol. The largest absolute Gasteiger partial charge is 0.435 e. The van der Waals surface area contributed by atoms with Crippen LogP contribution in [0.5, 0.6) is 0 Å². The lowest BCUT2D eigenvalue weighted by Gasteiger charge is -2.02. The van der Waals surface area contributed by atoms with Gasteiger partial charge in [-0.15, -0.1) is 0 Å². The molecule has 0 saturated carbocycles. The highest BCUT2D eigenvalue weighted by atomic mass is 19.4. The summed E-state index contributed by atoms with van der Waals surface area (Å²) in [6.45, 7) is 3.08. The monoisotopic (exact) mass is 208 g/mol. The van der Waals surface area contributed by atoms with E-state index in [2.05, 4.69) is 5.10 Å². The van der Waals surface area contributed by atoms with Gasteiger partial charge in [-0.05, 0) is 13.0 Å². The van der Waals surface area contributed by atoms with Gasteiger partial charge >= 0.3 is 6.18 Å². The van der Waals surface area contributed by atoms with Crippen LogP contribution in [0.1, 0.15) is 12.6 Å². The Bertz CT molecular complexity index is 282.